The molecule has 134 valence electrons. The van der Waals surface area contributed by atoms with Crippen LogP contribution in [0.25, 0.3) is 11.1 Å². The quantitative estimate of drug-likeness (QED) is 0.781. The average molecular weight is 353 g/mol. The molecule has 25 heavy (non-hydrogen) atoms. The van der Waals surface area contributed by atoms with E-state index in [1.165, 1.54) is 18.2 Å². The summed E-state index contributed by atoms with van der Waals surface area (Å²) in [7, 11) is 0. The van der Waals surface area contributed by atoms with Gasteiger partial charge in [-0.25, -0.2) is 4.79 Å². The van der Waals surface area contributed by atoms with Gasteiger partial charge in [-0.15, -0.1) is 13.2 Å². The van der Waals surface area contributed by atoms with Gasteiger partial charge in [0.25, 0.3) is 0 Å². The molecule has 0 unspecified atom stereocenters. The fourth-order valence-electron chi connectivity index (χ4n) is 2.10. The van der Waals surface area contributed by atoms with Crippen LogP contribution in [0.5, 0.6) is 5.75 Å². The zero-order chi connectivity index (χ0) is 18.7. The topological polar surface area (TPSA) is 47.6 Å². The SMILES string of the molecule is CC(C)(C)OC(=O)Nc1cccc(-c2ccccc2OC(F)(F)F)c1. The molecule has 2 rings (SSSR count). The second kappa shape index (κ2) is 7.04. The van der Waals surface area contributed by atoms with E-state index in [-0.39, 0.29) is 11.3 Å². The predicted molar refractivity (Wildman–Crippen MR) is 88.4 cm³/mol. The van der Waals surface area contributed by atoms with Crippen LogP contribution in [0.15, 0.2) is 48.5 Å². The summed E-state index contributed by atoms with van der Waals surface area (Å²) >= 11 is 0. The number of halogens is 3. The van der Waals surface area contributed by atoms with Crippen LogP contribution in [0.2, 0.25) is 0 Å². The van der Waals surface area contributed by atoms with Crippen molar-refractivity contribution in [2.24, 2.45) is 0 Å². The Balaban J connectivity index is 2.26. The number of amides is 1. The van der Waals surface area contributed by atoms with Crippen LogP contribution in [0.4, 0.5) is 23.7 Å². The first-order valence-corrected chi connectivity index (χ1v) is 7.49. The lowest BCUT2D eigenvalue weighted by atomic mass is 10.0. The van der Waals surface area contributed by atoms with Crippen molar-refractivity contribution in [1.82, 2.24) is 0 Å². The number of benzene rings is 2. The fourth-order valence-corrected chi connectivity index (χ4v) is 2.10. The molecule has 0 aliphatic carbocycles. The summed E-state index contributed by atoms with van der Waals surface area (Å²) in [6.07, 6.45) is -5.44. The monoisotopic (exact) mass is 353 g/mol. The lowest BCUT2D eigenvalue weighted by Gasteiger charge is -2.20. The molecule has 1 N–H and O–H groups in total. The van der Waals surface area contributed by atoms with Crippen LogP contribution in [-0.2, 0) is 4.74 Å². The fraction of sp³-hybridized carbons (Fsp3) is 0.278. The van der Waals surface area contributed by atoms with E-state index in [2.05, 4.69) is 10.1 Å². The highest BCUT2D eigenvalue weighted by molar-refractivity contribution is 5.86. The summed E-state index contributed by atoms with van der Waals surface area (Å²) in [4.78, 5) is 11.8. The highest BCUT2D eigenvalue weighted by atomic mass is 19.4. The second-order valence-electron chi connectivity index (χ2n) is 6.25. The molecule has 0 aliphatic heterocycles. The molecular weight excluding hydrogens is 335 g/mol. The first kappa shape index (κ1) is 18.6. The summed E-state index contributed by atoms with van der Waals surface area (Å²) in [5.41, 5.74) is 0.462. The Morgan fingerprint density at radius 2 is 1.68 bits per heavy atom. The first-order chi connectivity index (χ1) is 11.5. The maximum Gasteiger partial charge on any atom is 0.573 e. The molecule has 1 amide bonds. The van der Waals surface area contributed by atoms with Gasteiger partial charge in [-0.3, -0.25) is 5.32 Å². The zero-order valence-corrected chi connectivity index (χ0v) is 14.0. The van der Waals surface area contributed by atoms with Gasteiger partial charge in [-0.05, 0) is 44.5 Å². The van der Waals surface area contributed by atoms with E-state index >= 15 is 0 Å². The summed E-state index contributed by atoms with van der Waals surface area (Å²) in [6, 6.07) is 12.2. The number of rotatable bonds is 3. The molecule has 2 aromatic rings. The van der Waals surface area contributed by atoms with Crippen LogP contribution in [0.1, 0.15) is 20.8 Å². The lowest BCUT2D eigenvalue weighted by Crippen LogP contribution is -2.27. The van der Waals surface area contributed by atoms with E-state index < -0.39 is 18.1 Å². The molecule has 0 aliphatic rings. The summed E-state index contributed by atoms with van der Waals surface area (Å²) in [6.45, 7) is 5.19. The number of hydrogen-bond donors (Lipinski definition) is 1. The molecule has 0 aromatic heterocycles. The largest absolute Gasteiger partial charge is 0.573 e. The van der Waals surface area contributed by atoms with Crippen molar-refractivity contribution in [3.63, 3.8) is 0 Å². The number of carbonyl (C=O) groups is 1. The minimum absolute atomic E-state index is 0.257. The third-order valence-electron chi connectivity index (χ3n) is 2.93. The van der Waals surface area contributed by atoms with Gasteiger partial charge in [0.1, 0.15) is 11.4 Å². The van der Waals surface area contributed by atoms with Gasteiger partial charge in [0.05, 0.1) is 0 Å². The molecule has 0 heterocycles. The van der Waals surface area contributed by atoms with E-state index in [1.54, 1.807) is 51.1 Å². The highest BCUT2D eigenvalue weighted by Crippen LogP contribution is 2.34. The summed E-state index contributed by atoms with van der Waals surface area (Å²) in [5, 5.41) is 2.55. The number of para-hydroxylation sites is 1. The molecule has 4 nitrogen and oxygen atoms in total. The first-order valence-electron chi connectivity index (χ1n) is 7.49. The average Bonchev–Trinajstić information content (AvgIpc) is 2.44. The molecule has 0 atom stereocenters. The van der Waals surface area contributed by atoms with E-state index in [1.807, 2.05) is 0 Å². The number of carbonyl (C=O) groups excluding carboxylic acids is 1. The van der Waals surface area contributed by atoms with Crippen molar-refractivity contribution in [1.29, 1.82) is 0 Å². The Bertz CT molecular complexity index is 752. The van der Waals surface area contributed by atoms with Gasteiger partial charge in [0.2, 0.25) is 0 Å². The van der Waals surface area contributed by atoms with Gasteiger partial charge in [-0.2, -0.15) is 0 Å². The third kappa shape index (κ3) is 6.02. The molecule has 0 saturated carbocycles. The van der Waals surface area contributed by atoms with Crippen LogP contribution in [-0.4, -0.2) is 18.1 Å². The molecule has 0 spiro atoms. The normalized spacial score (nSPS) is 11.8. The Morgan fingerprint density at radius 3 is 2.32 bits per heavy atom. The molecule has 0 radical (unpaired) electrons. The highest BCUT2D eigenvalue weighted by Gasteiger charge is 2.32. The molecule has 0 bridgehead atoms. The van der Waals surface area contributed by atoms with E-state index in [0.29, 0.717) is 11.3 Å². The molecule has 0 fully saturated rings. The molecule has 2 aromatic carbocycles. The third-order valence-corrected chi connectivity index (χ3v) is 2.93. The van der Waals surface area contributed by atoms with Crippen molar-refractivity contribution in [3.05, 3.63) is 48.5 Å². The maximum atomic E-state index is 12.6. The van der Waals surface area contributed by atoms with Gasteiger partial charge in [0.15, 0.2) is 0 Å². The van der Waals surface area contributed by atoms with Gasteiger partial charge in [-0.1, -0.05) is 30.3 Å². The van der Waals surface area contributed by atoms with Crippen molar-refractivity contribution < 1.29 is 27.4 Å². The Kier molecular flexibility index (Phi) is 5.25. The van der Waals surface area contributed by atoms with Crippen LogP contribution >= 0.6 is 0 Å². The van der Waals surface area contributed by atoms with Crippen molar-refractivity contribution in [2.75, 3.05) is 5.32 Å². The Morgan fingerprint density at radius 1 is 1.00 bits per heavy atom. The van der Waals surface area contributed by atoms with E-state index in [0.717, 1.165) is 0 Å². The molecule has 7 heteroatoms. The second-order valence-corrected chi connectivity index (χ2v) is 6.25. The Hall–Kier alpha value is -2.70. The van der Waals surface area contributed by atoms with Gasteiger partial charge < -0.3 is 9.47 Å². The number of ether oxygens (including phenoxy) is 2. The van der Waals surface area contributed by atoms with Crippen molar-refractivity contribution in [3.8, 4) is 16.9 Å². The van der Waals surface area contributed by atoms with Crippen molar-refractivity contribution >= 4 is 11.8 Å². The lowest BCUT2D eigenvalue weighted by molar-refractivity contribution is -0.274. The van der Waals surface area contributed by atoms with E-state index in [4.69, 9.17) is 4.74 Å². The predicted octanol–water partition coefficient (Wildman–Crippen LogP) is 5.60. The van der Waals surface area contributed by atoms with E-state index in [9.17, 15) is 18.0 Å². The van der Waals surface area contributed by atoms with Crippen molar-refractivity contribution in [2.45, 2.75) is 32.7 Å². The number of hydrogen-bond acceptors (Lipinski definition) is 3. The molecule has 0 saturated heterocycles. The maximum absolute atomic E-state index is 12.6. The smallest absolute Gasteiger partial charge is 0.444 e. The van der Waals surface area contributed by atoms with Crippen LogP contribution in [0.3, 0.4) is 0 Å². The summed E-state index contributed by atoms with van der Waals surface area (Å²) in [5.74, 6) is -0.315. The molecular formula is C18H18F3NO3. The van der Waals surface area contributed by atoms with Gasteiger partial charge in [0, 0.05) is 11.3 Å². The zero-order valence-electron chi connectivity index (χ0n) is 14.0. The number of nitrogens with one attached hydrogen (secondary N) is 1. The number of anilines is 1. The Labute approximate surface area is 143 Å². The van der Waals surface area contributed by atoms with Crippen LogP contribution < -0.4 is 10.1 Å². The number of alkyl halides is 3. The minimum atomic E-state index is -4.79. The summed E-state index contributed by atoms with van der Waals surface area (Å²) < 4.78 is 46.9. The standard InChI is InChI=1S/C18H18F3NO3/c1-17(2,3)25-16(23)22-13-8-6-7-12(11-13)14-9-4-5-10-15(14)24-18(19,20)21/h4-11H,1-3H3,(H,22,23). The minimum Gasteiger partial charge on any atom is -0.444 e. The van der Waals surface area contributed by atoms with Gasteiger partial charge >= 0.3 is 12.5 Å². The van der Waals surface area contributed by atoms with Crippen LogP contribution in [0, 0.1) is 0 Å².